The van der Waals surface area contributed by atoms with Gasteiger partial charge >= 0.3 is 0 Å². The minimum atomic E-state index is -2.07. The lowest BCUT2D eigenvalue weighted by Crippen LogP contribution is -2.25. The molecule has 0 aliphatic carbocycles. The van der Waals surface area contributed by atoms with Crippen molar-refractivity contribution in [1.29, 1.82) is 0 Å². The van der Waals surface area contributed by atoms with Crippen molar-refractivity contribution < 1.29 is 0 Å². The van der Waals surface area contributed by atoms with E-state index >= 15 is 0 Å². The van der Waals surface area contributed by atoms with Crippen LogP contribution in [0.2, 0.25) is 0 Å². The fourth-order valence-electron chi connectivity index (χ4n) is 2.93. The topological polar surface area (TPSA) is 15.8 Å². The molecule has 3 heteroatoms. The van der Waals surface area contributed by atoms with Gasteiger partial charge in [-0.05, 0) is 22.7 Å². The molecule has 0 bridgehead atoms. The van der Waals surface area contributed by atoms with Gasteiger partial charge in [-0.2, -0.15) is 0 Å². The summed E-state index contributed by atoms with van der Waals surface area (Å²) in [5.41, 5.74) is 2.29. The Balaban J connectivity index is 2.01. The summed E-state index contributed by atoms with van der Waals surface area (Å²) >= 11 is 6.32. The van der Waals surface area contributed by atoms with Gasteiger partial charge in [0.15, 0.2) is 0 Å². The summed E-state index contributed by atoms with van der Waals surface area (Å²) in [6.45, 7) is 0. The second-order valence-electron chi connectivity index (χ2n) is 5.52. The van der Waals surface area contributed by atoms with Crippen LogP contribution in [0.3, 0.4) is 0 Å². The molecule has 0 amide bonds. The zero-order valence-electron chi connectivity index (χ0n) is 12.5. The third-order valence-corrected chi connectivity index (χ3v) is 8.92. The average molecular weight is 333 g/mol. The first-order valence-corrected chi connectivity index (χ1v) is 10.4. The van der Waals surface area contributed by atoms with Crippen molar-refractivity contribution in [2.75, 3.05) is 0 Å². The summed E-state index contributed by atoms with van der Waals surface area (Å²) in [6.07, 6.45) is 0. The van der Waals surface area contributed by atoms with Crippen LogP contribution in [0.5, 0.6) is 0 Å². The summed E-state index contributed by atoms with van der Waals surface area (Å²) in [6, 6.07) is 29.5. The molecule has 4 aromatic rings. The number of benzene rings is 3. The van der Waals surface area contributed by atoms with Crippen molar-refractivity contribution in [2.24, 2.45) is 0 Å². The van der Waals surface area contributed by atoms with E-state index in [1.54, 1.807) is 0 Å². The SMILES string of the molecule is S=P(c1ccccc1)(c1ccccc1)c1cc2ccccc2[nH]1. The lowest BCUT2D eigenvalue weighted by Gasteiger charge is -2.22. The normalized spacial score (nSPS) is 11.7. The van der Waals surface area contributed by atoms with Crippen LogP contribution >= 0.6 is 6.04 Å². The van der Waals surface area contributed by atoms with Gasteiger partial charge in [-0.3, -0.25) is 0 Å². The van der Waals surface area contributed by atoms with Crippen molar-refractivity contribution in [2.45, 2.75) is 0 Å². The van der Waals surface area contributed by atoms with Crippen LogP contribution in [-0.4, -0.2) is 4.98 Å². The molecule has 1 heterocycles. The largest absolute Gasteiger partial charge is 0.354 e. The molecule has 0 spiro atoms. The Labute approximate surface area is 141 Å². The van der Waals surface area contributed by atoms with Gasteiger partial charge in [0.05, 0.1) is 11.5 Å². The number of rotatable bonds is 3. The lowest BCUT2D eigenvalue weighted by molar-refractivity contribution is 1.54. The van der Waals surface area contributed by atoms with Crippen molar-refractivity contribution in [3.8, 4) is 0 Å². The molecule has 0 radical (unpaired) electrons. The van der Waals surface area contributed by atoms with E-state index in [-0.39, 0.29) is 0 Å². The minimum absolute atomic E-state index is 1.14. The summed E-state index contributed by atoms with van der Waals surface area (Å²) in [4.78, 5) is 3.58. The number of aromatic nitrogens is 1. The smallest absolute Gasteiger partial charge is 0.0581 e. The van der Waals surface area contributed by atoms with Crippen molar-refractivity contribution >= 4 is 44.8 Å². The Hall–Kier alpha value is -2.15. The summed E-state index contributed by atoms with van der Waals surface area (Å²) < 4.78 is 0. The first-order valence-electron chi connectivity index (χ1n) is 7.58. The highest BCUT2D eigenvalue weighted by Gasteiger charge is 2.26. The third-order valence-electron chi connectivity index (χ3n) is 4.09. The average Bonchev–Trinajstić information content (AvgIpc) is 3.07. The van der Waals surface area contributed by atoms with Gasteiger partial charge < -0.3 is 4.98 Å². The molecule has 1 aromatic heterocycles. The Morgan fingerprint density at radius 3 is 1.74 bits per heavy atom. The zero-order chi connectivity index (χ0) is 15.7. The number of nitrogens with one attached hydrogen (secondary N) is 1. The van der Waals surface area contributed by atoms with Gasteiger partial charge in [0.25, 0.3) is 0 Å². The number of hydrogen-bond donors (Lipinski definition) is 1. The maximum absolute atomic E-state index is 6.32. The van der Waals surface area contributed by atoms with Crippen LogP contribution in [0.4, 0.5) is 0 Å². The molecule has 0 atom stereocenters. The van der Waals surface area contributed by atoms with Crippen molar-refractivity contribution in [3.05, 3.63) is 91.0 Å². The first-order chi connectivity index (χ1) is 11.3. The Morgan fingerprint density at radius 1 is 0.652 bits per heavy atom. The molecule has 0 aliphatic rings. The van der Waals surface area contributed by atoms with Crippen LogP contribution in [0.1, 0.15) is 0 Å². The van der Waals surface area contributed by atoms with E-state index in [9.17, 15) is 0 Å². The van der Waals surface area contributed by atoms with E-state index in [0.29, 0.717) is 0 Å². The number of hydrogen-bond acceptors (Lipinski definition) is 1. The van der Waals surface area contributed by atoms with Crippen LogP contribution in [-0.2, 0) is 11.8 Å². The third kappa shape index (κ3) is 2.45. The highest BCUT2D eigenvalue weighted by atomic mass is 32.4. The Kier molecular flexibility index (Phi) is 3.65. The number of fused-ring (bicyclic) bond motifs is 1. The quantitative estimate of drug-likeness (QED) is 0.562. The fraction of sp³-hybridized carbons (Fsp3) is 0. The molecular weight excluding hydrogens is 317 g/mol. The highest BCUT2D eigenvalue weighted by molar-refractivity contribution is 8.25. The molecular formula is C20H16NPS. The summed E-state index contributed by atoms with van der Waals surface area (Å²) in [7, 11) is 0. The lowest BCUT2D eigenvalue weighted by atomic mass is 10.3. The van der Waals surface area contributed by atoms with Crippen LogP contribution < -0.4 is 16.0 Å². The van der Waals surface area contributed by atoms with Gasteiger partial charge in [-0.1, -0.05) is 90.7 Å². The highest BCUT2D eigenvalue weighted by Crippen LogP contribution is 2.42. The summed E-state index contributed by atoms with van der Waals surface area (Å²) in [5, 5.41) is 3.64. The first kappa shape index (κ1) is 14.4. The molecule has 112 valence electrons. The molecule has 3 aromatic carbocycles. The maximum atomic E-state index is 6.32. The molecule has 1 nitrogen and oxygen atoms in total. The molecule has 0 saturated heterocycles. The number of aromatic amines is 1. The second-order valence-corrected chi connectivity index (χ2v) is 9.90. The van der Waals surface area contributed by atoms with E-state index in [0.717, 1.165) is 11.0 Å². The standard InChI is InChI=1S/C20H16NPS/c23-22(17-10-3-1-4-11-17,18-12-5-2-6-13-18)20-15-16-9-7-8-14-19(16)21-20/h1-15,21H. The van der Waals surface area contributed by atoms with E-state index in [1.165, 1.54) is 16.0 Å². The van der Waals surface area contributed by atoms with E-state index in [1.807, 2.05) is 12.1 Å². The minimum Gasteiger partial charge on any atom is -0.354 e. The molecule has 0 unspecified atom stereocenters. The number of para-hydroxylation sites is 1. The van der Waals surface area contributed by atoms with E-state index < -0.39 is 6.04 Å². The molecule has 0 aliphatic heterocycles. The maximum Gasteiger partial charge on any atom is 0.0581 e. The number of H-pyrrole nitrogens is 1. The molecule has 0 fully saturated rings. The molecule has 0 saturated carbocycles. The van der Waals surface area contributed by atoms with Crippen molar-refractivity contribution in [3.63, 3.8) is 0 Å². The molecule has 4 rings (SSSR count). The van der Waals surface area contributed by atoms with Crippen LogP contribution in [0.25, 0.3) is 10.9 Å². The van der Waals surface area contributed by atoms with Crippen LogP contribution in [0, 0.1) is 0 Å². The predicted octanol–water partition coefficient (Wildman–Crippen LogP) is 3.92. The van der Waals surface area contributed by atoms with Gasteiger partial charge in [0, 0.05) is 10.9 Å². The van der Waals surface area contributed by atoms with E-state index in [2.05, 4.69) is 83.8 Å². The fourth-order valence-corrected chi connectivity index (χ4v) is 6.59. The van der Waals surface area contributed by atoms with Gasteiger partial charge in [-0.15, -0.1) is 0 Å². The van der Waals surface area contributed by atoms with Gasteiger partial charge in [-0.25, -0.2) is 0 Å². The summed E-state index contributed by atoms with van der Waals surface area (Å²) in [5.74, 6) is 0. The van der Waals surface area contributed by atoms with E-state index in [4.69, 9.17) is 11.8 Å². The molecule has 23 heavy (non-hydrogen) atoms. The van der Waals surface area contributed by atoms with Crippen molar-refractivity contribution in [1.82, 2.24) is 4.98 Å². The van der Waals surface area contributed by atoms with Crippen LogP contribution in [0.15, 0.2) is 91.0 Å². The molecule has 1 N–H and O–H groups in total. The Morgan fingerprint density at radius 2 is 1.17 bits per heavy atom. The predicted molar refractivity (Wildman–Crippen MR) is 104 cm³/mol. The Bertz CT molecular complexity index is 913. The monoisotopic (exact) mass is 333 g/mol. The van der Waals surface area contributed by atoms with Gasteiger partial charge in [0.1, 0.15) is 0 Å². The second kappa shape index (κ2) is 5.81. The zero-order valence-corrected chi connectivity index (χ0v) is 14.2. The van der Waals surface area contributed by atoms with Gasteiger partial charge in [0.2, 0.25) is 0 Å².